The first-order chi connectivity index (χ1) is 15.1. The normalized spacial score (nSPS) is 18.4. The molecule has 32 heavy (non-hydrogen) atoms. The number of hydrogen-bond donors (Lipinski definition) is 0. The highest BCUT2D eigenvalue weighted by atomic mass is 16.2. The molecule has 0 atom stereocenters. The van der Waals surface area contributed by atoms with Crippen LogP contribution in [0.15, 0.2) is 71.8 Å². The number of allylic oxidation sites excluding steroid dienone is 6. The highest BCUT2D eigenvalue weighted by Gasteiger charge is 2.34. The van der Waals surface area contributed by atoms with E-state index in [9.17, 15) is 19.2 Å². The van der Waals surface area contributed by atoms with E-state index in [0.29, 0.717) is 28.7 Å². The molecule has 4 nitrogen and oxygen atoms in total. The number of carbonyl (C=O) groups excluding carboxylic acids is 4. The van der Waals surface area contributed by atoms with E-state index in [1.165, 1.54) is 6.08 Å². The minimum absolute atomic E-state index is 0.117. The third-order valence-electron chi connectivity index (χ3n) is 5.87. The van der Waals surface area contributed by atoms with Crippen molar-refractivity contribution >= 4 is 23.1 Å². The van der Waals surface area contributed by atoms with Gasteiger partial charge in [-0.05, 0) is 48.6 Å². The van der Waals surface area contributed by atoms with Crippen LogP contribution in [0.5, 0.6) is 0 Å². The fourth-order valence-corrected chi connectivity index (χ4v) is 3.99. The molecular weight excluding hydrogens is 400 g/mol. The van der Waals surface area contributed by atoms with Crippen molar-refractivity contribution in [3.8, 4) is 0 Å². The van der Waals surface area contributed by atoms with Gasteiger partial charge in [0.2, 0.25) is 0 Å². The van der Waals surface area contributed by atoms with Crippen molar-refractivity contribution in [1.82, 2.24) is 0 Å². The largest absolute Gasteiger partial charge is 0.288 e. The van der Waals surface area contributed by atoms with Gasteiger partial charge in [-0.1, -0.05) is 62.8 Å². The molecule has 0 unspecified atom stereocenters. The average molecular weight is 424 g/mol. The van der Waals surface area contributed by atoms with E-state index in [1.807, 2.05) is 25.1 Å². The van der Waals surface area contributed by atoms with Gasteiger partial charge in [0.05, 0.1) is 11.1 Å². The number of carbonyl (C=O) groups is 4. The van der Waals surface area contributed by atoms with Crippen molar-refractivity contribution in [2.75, 3.05) is 0 Å². The lowest BCUT2D eigenvalue weighted by molar-refractivity contribution is 0.0973. The van der Waals surface area contributed by atoms with Crippen LogP contribution in [0, 0.1) is 6.92 Å². The molecule has 2 aliphatic rings. The molecule has 2 aromatic rings. The summed E-state index contributed by atoms with van der Waals surface area (Å²) in [5.41, 5.74) is 3.87. The summed E-state index contributed by atoms with van der Waals surface area (Å²) in [7, 11) is 0. The monoisotopic (exact) mass is 424 g/mol. The Labute approximate surface area is 187 Å². The Morgan fingerprint density at radius 3 is 1.97 bits per heavy atom. The minimum atomic E-state index is -0.278. The Balaban J connectivity index is 1.50. The van der Waals surface area contributed by atoms with E-state index in [0.717, 1.165) is 11.1 Å². The van der Waals surface area contributed by atoms with E-state index < -0.39 is 0 Å². The second-order valence-electron chi connectivity index (χ2n) is 9.24. The molecule has 0 radical (unpaired) electrons. The number of benzene rings is 2. The first kappa shape index (κ1) is 21.6. The van der Waals surface area contributed by atoms with Crippen LogP contribution < -0.4 is 0 Å². The number of fused-ring (bicyclic) bond motifs is 2. The van der Waals surface area contributed by atoms with Gasteiger partial charge >= 0.3 is 0 Å². The molecule has 4 heteroatoms. The molecule has 0 saturated carbocycles. The van der Waals surface area contributed by atoms with Gasteiger partial charge in [0, 0.05) is 22.3 Å². The van der Waals surface area contributed by atoms with Crippen LogP contribution in [-0.2, 0) is 5.41 Å². The Bertz CT molecular complexity index is 1290. The van der Waals surface area contributed by atoms with Crippen LogP contribution in [0.3, 0.4) is 0 Å². The molecule has 4 rings (SSSR count). The maximum Gasteiger partial charge on any atom is 0.197 e. The average Bonchev–Trinajstić information content (AvgIpc) is 3.12. The summed E-state index contributed by atoms with van der Waals surface area (Å²) in [6, 6.07) is 10.7. The molecule has 0 saturated heterocycles. The molecule has 0 N–H and O–H groups in total. The zero-order valence-corrected chi connectivity index (χ0v) is 18.6. The second-order valence-corrected chi connectivity index (χ2v) is 9.24. The number of Topliss-reactive ketones (excluding diaryl/α,β-unsaturated/α-hetero) is 4. The quantitative estimate of drug-likeness (QED) is 0.479. The molecule has 0 spiro atoms. The molecular formula is C28H24O4. The predicted molar refractivity (Wildman–Crippen MR) is 124 cm³/mol. The van der Waals surface area contributed by atoms with Gasteiger partial charge in [-0.25, -0.2) is 0 Å². The maximum absolute atomic E-state index is 12.8. The second kappa shape index (κ2) is 7.79. The van der Waals surface area contributed by atoms with Gasteiger partial charge in [0.25, 0.3) is 0 Å². The van der Waals surface area contributed by atoms with Crippen molar-refractivity contribution in [2.24, 2.45) is 0 Å². The lowest BCUT2D eigenvalue weighted by Gasteiger charge is -2.19. The van der Waals surface area contributed by atoms with Crippen LogP contribution in [-0.4, -0.2) is 23.1 Å². The van der Waals surface area contributed by atoms with Crippen LogP contribution in [0.25, 0.3) is 0 Å². The summed E-state index contributed by atoms with van der Waals surface area (Å²) in [5.74, 6) is -1.07. The summed E-state index contributed by atoms with van der Waals surface area (Å²) >= 11 is 0. The van der Waals surface area contributed by atoms with E-state index in [1.54, 1.807) is 36.4 Å². The van der Waals surface area contributed by atoms with E-state index in [2.05, 4.69) is 20.8 Å². The predicted octanol–water partition coefficient (Wildman–Crippen LogP) is 5.55. The van der Waals surface area contributed by atoms with Crippen molar-refractivity contribution in [1.29, 1.82) is 0 Å². The molecule has 0 aliphatic heterocycles. The van der Waals surface area contributed by atoms with Crippen LogP contribution in [0.1, 0.15) is 79.8 Å². The number of rotatable bonds is 3. The van der Waals surface area contributed by atoms with Crippen molar-refractivity contribution in [3.63, 3.8) is 0 Å². The number of ketones is 4. The Morgan fingerprint density at radius 2 is 1.28 bits per heavy atom. The highest BCUT2D eigenvalue weighted by molar-refractivity contribution is 6.40. The number of aryl methyl sites for hydroxylation is 1. The minimum Gasteiger partial charge on any atom is -0.288 e. The summed E-state index contributed by atoms with van der Waals surface area (Å²) < 4.78 is 0. The molecule has 0 heterocycles. The van der Waals surface area contributed by atoms with E-state index >= 15 is 0 Å². The Morgan fingerprint density at radius 1 is 0.719 bits per heavy atom. The first-order valence-electron chi connectivity index (χ1n) is 10.6. The van der Waals surface area contributed by atoms with Crippen molar-refractivity contribution < 1.29 is 19.2 Å². The van der Waals surface area contributed by atoms with Crippen LogP contribution in [0.4, 0.5) is 0 Å². The molecule has 0 amide bonds. The molecule has 2 aliphatic carbocycles. The highest BCUT2D eigenvalue weighted by Crippen LogP contribution is 2.32. The fourth-order valence-electron chi connectivity index (χ4n) is 3.99. The third-order valence-corrected chi connectivity index (χ3v) is 5.87. The Kier molecular flexibility index (Phi) is 5.25. The zero-order chi connectivity index (χ0) is 23.2. The summed E-state index contributed by atoms with van der Waals surface area (Å²) in [6.07, 6.45) is 6.79. The van der Waals surface area contributed by atoms with E-state index in [-0.39, 0.29) is 39.7 Å². The maximum atomic E-state index is 12.8. The number of hydrogen-bond acceptors (Lipinski definition) is 4. The lowest BCUT2D eigenvalue weighted by atomic mass is 9.85. The standard InChI is InChI=1S/C28H24O4/c1-16-10-12-18-22(14-16)26(31)20(24(18)29)8-6-5-7-9-21-25(30)19-13-11-17(28(2,3)4)15-23(19)27(21)32/h5-6,8-15H,7H2,1-4H3. The first-order valence-corrected chi connectivity index (χ1v) is 10.6. The van der Waals surface area contributed by atoms with Crippen molar-refractivity contribution in [3.05, 3.63) is 105 Å². The van der Waals surface area contributed by atoms with Gasteiger partial charge in [-0.2, -0.15) is 0 Å². The van der Waals surface area contributed by atoms with Gasteiger partial charge in [0.15, 0.2) is 23.1 Å². The summed E-state index contributed by atoms with van der Waals surface area (Å²) in [5, 5.41) is 0. The van der Waals surface area contributed by atoms with Gasteiger partial charge in [-0.15, -0.1) is 0 Å². The van der Waals surface area contributed by atoms with Gasteiger partial charge in [-0.3, -0.25) is 19.2 Å². The third kappa shape index (κ3) is 3.62. The van der Waals surface area contributed by atoms with Gasteiger partial charge in [0.1, 0.15) is 0 Å². The fraction of sp³-hybridized carbons (Fsp3) is 0.214. The molecule has 2 aromatic carbocycles. The molecule has 0 bridgehead atoms. The smallest absolute Gasteiger partial charge is 0.197 e. The lowest BCUT2D eigenvalue weighted by Crippen LogP contribution is -2.12. The SMILES string of the molecule is Cc1ccc2c(c1)C(=O)C(=CC=CCC=C1C(=O)c3ccc(C(C)(C)C)cc3C1=O)C2=O. The zero-order valence-electron chi connectivity index (χ0n) is 18.6. The summed E-state index contributed by atoms with van der Waals surface area (Å²) in [4.78, 5) is 50.4. The summed E-state index contributed by atoms with van der Waals surface area (Å²) in [6.45, 7) is 8.06. The van der Waals surface area contributed by atoms with Gasteiger partial charge < -0.3 is 0 Å². The molecule has 0 fully saturated rings. The van der Waals surface area contributed by atoms with Crippen LogP contribution in [0.2, 0.25) is 0 Å². The molecule has 0 aromatic heterocycles. The van der Waals surface area contributed by atoms with E-state index in [4.69, 9.17) is 0 Å². The molecule has 160 valence electrons. The Hall–Kier alpha value is -3.66. The topological polar surface area (TPSA) is 68.3 Å². The van der Waals surface area contributed by atoms with Crippen molar-refractivity contribution in [2.45, 2.75) is 39.5 Å². The van der Waals surface area contributed by atoms with Crippen LogP contribution >= 0.6 is 0 Å².